The molecule has 0 aliphatic carbocycles. The van der Waals surface area contributed by atoms with E-state index in [2.05, 4.69) is 5.32 Å². The molecule has 2 fully saturated rings. The van der Waals surface area contributed by atoms with Crippen molar-refractivity contribution in [3.8, 4) is 6.07 Å². The highest BCUT2D eigenvalue weighted by atomic mass is 19.1. The van der Waals surface area contributed by atoms with Gasteiger partial charge in [-0.2, -0.15) is 5.26 Å². The molecule has 1 N–H and O–H groups in total. The van der Waals surface area contributed by atoms with Crippen LogP contribution in [0, 0.1) is 17.1 Å². The first-order valence-corrected chi connectivity index (χ1v) is 9.75. The third-order valence-corrected chi connectivity index (χ3v) is 5.41. The average molecular weight is 408 g/mol. The molecule has 2 aromatic carbocycles. The standard InChI is InChI=1S/C22H21FN4O3/c1-14-10-20(25-16-2-7-19(23)15(11-16)12-24)22(29)27(14)18-5-3-17(4-6-18)26-8-9-30-13-21(26)28/h2-7,11,14,20,25H,8-10,13H2,1H3. The summed E-state index contributed by atoms with van der Waals surface area (Å²) >= 11 is 0. The molecule has 0 bridgehead atoms. The predicted molar refractivity (Wildman–Crippen MR) is 110 cm³/mol. The molecular weight excluding hydrogens is 387 g/mol. The first kappa shape index (κ1) is 19.9. The third kappa shape index (κ3) is 3.72. The number of morpholine rings is 1. The summed E-state index contributed by atoms with van der Waals surface area (Å²) in [6, 6.07) is 12.8. The normalized spacial score (nSPS) is 21.6. The minimum absolute atomic E-state index is 0.0400. The van der Waals surface area contributed by atoms with Crippen molar-refractivity contribution >= 4 is 28.9 Å². The van der Waals surface area contributed by atoms with Crippen LogP contribution in [-0.4, -0.2) is 43.7 Å². The van der Waals surface area contributed by atoms with E-state index >= 15 is 0 Å². The van der Waals surface area contributed by atoms with Crippen molar-refractivity contribution in [2.75, 3.05) is 34.9 Å². The lowest BCUT2D eigenvalue weighted by Crippen LogP contribution is -2.41. The van der Waals surface area contributed by atoms with Gasteiger partial charge in [0.1, 0.15) is 24.5 Å². The molecule has 0 aromatic heterocycles. The summed E-state index contributed by atoms with van der Waals surface area (Å²) in [5, 5.41) is 12.1. The van der Waals surface area contributed by atoms with Crippen molar-refractivity contribution < 1.29 is 18.7 Å². The van der Waals surface area contributed by atoms with Crippen LogP contribution in [0.2, 0.25) is 0 Å². The lowest BCUT2D eigenvalue weighted by atomic mass is 10.1. The zero-order valence-electron chi connectivity index (χ0n) is 16.5. The number of benzene rings is 2. The Labute approximate surface area is 173 Å². The van der Waals surface area contributed by atoms with Gasteiger partial charge in [0.2, 0.25) is 5.91 Å². The van der Waals surface area contributed by atoms with Crippen molar-refractivity contribution in [2.24, 2.45) is 0 Å². The van der Waals surface area contributed by atoms with Crippen LogP contribution in [0.5, 0.6) is 0 Å². The van der Waals surface area contributed by atoms with Gasteiger partial charge in [-0.25, -0.2) is 4.39 Å². The molecule has 2 heterocycles. The van der Waals surface area contributed by atoms with Gasteiger partial charge in [0.25, 0.3) is 5.91 Å². The van der Waals surface area contributed by atoms with Crippen LogP contribution in [0.4, 0.5) is 21.5 Å². The number of carbonyl (C=O) groups is 2. The summed E-state index contributed by atoms with van der Waals surface area (Å²) in [4.78, 5) is 28.4. The summed E-state index contributed by atoms with van der Waals surface area (Å²) in [5.41, 5.74) is 1.99. The van der Waals surface area contributed by atoms with E-state index in [0.29, 0.717) is 25.3 Å². The number of hydrogen-bond acceptors (Lipinski definition) is 5. The molecule has 2 unspecified atom stereocenters. The number of nitrogens with one attached hydrogen (secondary N) is 1. The Morgan fingerprint density at radius 3 is 2.60 bits per heavy atom. The van der Waals surface area contributed by atoms with Gasteiger partial charge in [0.15, 0.2) is 0 Å². The molecule has 2 amide bonds. The van der Waals surface area contributed by atoms with Gasteiger partial charge in [-0.3, -0.25) is 9.59 Å². The van der Waals surface area contributed by atoms with Crippen molar-refractivity contribution in [3.05, 3.63) is 53.8 Å². The maximum atomic E-state index is 13.5. The molecule has 4 rings (SSSR count). The number of ether oxygens (including phenoxy) is 1. The van der Waals surface area contributed by atoms with Gasteiger partial charge >= 0.3 is 0 Å². The van der Waals surface area contributed by atoms with Crippen LogP contribution in [0.3, 0.4) is 0 Å². The second-order valence-corrected chi connectivity index (χ2v) is 7.41. The monoisotopic (exact) mass is 408 g/mol. The highest BCUT2D eigenvalue weighted by Crippen LogP contribution is 2.30. The van der Waals surface area contributed by atoms with Crippen molar-refractivity contribution in [2.45, 2.75) is 25.4 Å². The Balaban J connectivity index is 1.49. The zero-order chi connectivity index (χ0) is 21.3. The van der Waals surface area contributed by atoms with E-state index in [-0.39, 0.29) is 30.0 Å². The van der Waals surface area contributed by atoms with Crippen molar-refractivity contribution in [3.63, 3.8) is 0 Å². The van der Waals surface area contributed by atoms with Gasteiger partial charge in [-0.05, 0) is 55.8 Å². The van der Waals surface area contributed by atoms with E-state index in [0.717, 1.165) is 11.4 Å². The Morgan fingerprint density at radius 1 is 1.17 bits per heavy atom. The van der Waals surface area contributed by atoms with Gasteiger partial charge in [0.05, 0.1) is 12.2 Å². The predicted octanol–water partition coefficient (Wildman–Crippen LogP) is 2.67. The minimum atomic E-state index is -0.588. The van der Waals surface area contributed by atoms with Crippen molar-refractivity contribution in [1.82, 2.24) is 0 Å². The number of nitriles is 1. The fourth-order valence-corrected chi connectivity index (χ4v) is 3.92. The highest BCUT2D eigenvalue weighted by Gasteiger charge is 2.38. The first-order chi connectivity index (χ1) is 14.5. The molecular formula is C22H21FN4O3. The molecule has 2 atom stereocenters. The summed E-state index contributed by atoms with van der Waals surface area (Å²) < 4.78 is 18.7. The van der Waals surface area contributed by atoms with E-state index in [1.54, 1.807) is 15.9 Å². The lowest BCUT2D eigenvalue weighted by molar-refractivity contribution is -0.125. The van der Waals surface area contributed by atoms with E-state index in [9.17, 15) is 14.0 Å². The number of rotatable bonds is 4. The molecule has 154 valence electrons. The Hall–Kier alpha value is -3.44. The molecule has 2 aromatic rings. The molecule has 0 spiro atoms. The van der Waals surface area contributed by atoms with Crippen LogP contribution >= 0.6 is 0 Å². The van der Waals surface area contributed by atoms with Gasteiger partial charge in [0, 0.05) is 29.6 Å². The Bertz CT molecular complexity index is 1020. The van der Waals surface area contributed by atoms with Gasteiger partial charge in [-0.1, -0.05) is 0 Å². The van der Waals surface area contributed by atoms with Crippen LogP contribution < -0.4 is 15.1 Å². The van der Waals surface area contributed by atoms with Crippen LogP contribution in [0.1, 0.15) is 18.9 Å². The molecule has 8 heteroatoms. The number of anilines is 3. The molecule has 2 saturated heterocycles. The Kier molecular flexibility index (Phi) is 5.38. The minimum Gasteiger partial charge on any atom is -0.374 e. The van der Waals surface area contributed by atoms with Crippen LogP contribution in [0.15, 0.2) is 42.5 Å². The highest BCUT2D eigenvalue weighted by molar-refractivity contribution is 6.02. The second-order valence-electron chi connectivity index (χ2n) is 7.41. The third-order valence-electron chi connectivity index (χ3n) is 5.41. The number of carbonyl (C=O) groups excluding carboxylic acids is 2. The van der Waals surface area contributed by atoms with Crippen LogP contribution in [0.25, 0.3) is 0 Å². The van der Waals surface area contributed by atoms with E-state index in [4.69, 9.17) is 10.00 Å². The number of nitrogens with zero attached hydrogens (tertiary/aromatic N) is 3. The molecule has 2 aliphatic heterocycles. The zero-order valence-corrected chi connectivity index (χ0v) is 16.5. The molecule has 0 radical (unpaired) electrons. The smallest absolute Gasteiger partial charge is 0.253 e. The van der Waals surface area contributed by atoms with E-state index in [1.807, 2.05) is 31.2 Å². The first-order valence-electron chi connectivity index (χ1n) is 9.75. The van der Waals surface area contributed by atoms with Crippen LogP contribution in [-0.2, 0) is 14.3 Å². The fraction of sp³-hybridized carbons (Fsp3) is 0.318. The molecule has 0 saturated carbocycles. The maximum absolute atomic E-state index is 13.5. The topological polar surface area (TPSA) is 85.7 Å². The van der Waals surface area contributed by atoms with E-state index in [1.165, 1.54) is 18.2 Å². The molecule has 7 nitrogen and oxygen atoms in total. The van der Waals surface area contributed by atoms with Crippen molar-refractivity contribution in [1.29, 1.82) is 5.26 Å². The average Bonchev–Trinajstić information content (AvgIpc) is 3.03. The summed E-state index contributed by atoms with van der Waals surface area (Å²) in [5.74, 6) is -0.768. The number of halogens is 1. The van der Waals surface area contributed by atoms with Gasteiger partial charge < -0.3 is 19.9 Å². The fourth-order valence-electron chi connectivity index (χ4n) is 3.92. The SMILES string of the molecule is CC1CC(Nc2ccc(F)c(C#N)c2)C(=O)N1c1ccc(N2CCOCC2=O)cc1. The number of amides is 2. The largest absolute Gasteiger partial charge is 0.374 e. The number of hydrogen-bond donors (Lipinski definition) is 1. The summed E-state index contributed by atoms with van der Waals surface area (Å²) in [6.45, 7) is 3.04. The molecule has 30 heavy (non-hydrogen) atoms. The molecule has 2 aliphatic rings. The lowest BCUT2D eigenvalue weighted by Gasteiger charge is -2.28. The van der Waals surface area contributed by atoms with Gasteiger partial charge in [-0.15, -0.1) is 0 Å². The summed E-state index contributed by atoms with van der Waals surface area (Å²) in [7, 11) is 0. The summed E-state index contributed by atoms with van der Waals surface area (Å²) in [6.07, 6.45) is 0.571. The van der Waals surface area contributed by atoms with E-state index < -0.39 is 11.9 Å². The Morgan fingerprint density at radius 2 is 1.90 bits per heavy atom. The second kappa shape index (κ2) is 8.13. The quantitative estimate of drug-likeness (QED) is 0.841. The maximum Gasteiger partial charge on any atom is 0.253 e.